The highest BCUT2D eigenvalue weighted by Crippen LogP contribution is 2.21. The third-order valence-electron chi connectivity index (χ3n) is 2.91. The fraction of sp³-hybridized carbons (Fsp3) is 0.462. The van der Waals surface area contributed by atoms with Crippen LogP contribution in [0.4, 0.5) is 0 Å². The topological polar surface area (TPSA) is 27.1 Å². The van der Waals surface area contributed by atoms with Gasteiger partial charge in [-0.15, -0.1) is 11.6 Å². The van der Waals surface area contributed by atoms with Crippen LogP contribution >= 0.6 is 11.6 Å². The molecule has 0 atom stereocenters. The molecule has 2 rings (SSSR count). The smallest absolute Gasteiger partial charge is 0.124 e. The minimum Gasteiger partial charge on any atom is -0.385 e. The number of hydrogen-bond donors (Lipinski definition) is 0. The van der Waals surface area contributed by atoms with E-state index in [2.05, 4.69) is 34.7 Å². The summed E-state index contributed by atoms with van der Waals surface area (Å²) in [5.74, 6) is 1.38. The van der Waals surface area contributed by atoms with Crippen LogP contribution in [0.2, 0.25) is 0 Å². The van der Waals surface area contributed by atoms with Crippen molar-refractivity contribution in [1.82, 2.24) is 9.55 Å². The largest absolute Gasteiger partial charge is 0.385 e. The zero-order chi connectivity index (χ0) is 12.3. The first kappa shape index (κ1) is 12.4. The van der Waals surface area contributed by atoms with Gasteiger partial charge < -0.3 is 9.30 Å². The average Bonchev–Trinajstić information content (AvgIpc) is 2.70. The number of nitrogens with zero attached hydrogens (tertiary/aromatic N) is 2. The number of rotatable bonds is 5. The SMILES string of the molecule is COCCCn1c(CCl)nc2c(C)cccc21. The lowest BCUT2D eigenvalue weighted by Gasteiger charge is -2.07. The van der Waals surface area contributed by atoms with Crippen molar-refractivity contribution in [2.24, 2.45) is 0 Å². The second-order valence-corrected chi connectivity index (χ2v) is 4.37. The molecule has 0 fully saturated rings. The molecule has 0 spiro atoms. The van der Waals surface area contributed by atoms with Gasteiger partial charge in [-0.3, -0.25) is 0 Å². The van der Waals surface area contributed by atoms with Gasteiger partial charge in [0.25, 0.3) is 0 Å². The van der Waals surface area contributed by atoms with Crippen LogP contribution in [0.15, 0.2) is 18.2 Å². The van der Waals surface area contributed by atoms with Crippen LogP contribution in [0.5, 0.6) is 0 Å². The standard InChI is InChI=1S/C13H17ClN2O/c1-10-5-3-6-11-13(10)15-12(9-14)16(11)7-4-8-17-2/h3,5-6H,4,7-9H2,1-2H3. The Hall–Kier alpha value is -1.06. The summed E-state index contributed by atoms with van der Waals surface area (Å²) < 4.78 is 7.27. The van der Waals surface area contributed by atoms with E-state index in [1.54, 1.807) is 7.11 Å². The molecule has 17 heavy (non-hydrogen) atoms. The lowest BCUT2D eigenvalue weighted by molar-refractivity contribution is 0.190. The minimum absolute atomic E-state index is 0.446. The van der Waals surface area contributed by atoms with E-state index in [1.165, 1.54) is 5.56 Å². The first-order valence-corrected chi connectivity index (χ1v) is 6.31. The molecule has 0 bridgehead atoms. The summed E-state index contributed by atoms with van der Waals surface area (Å²) in [5, 5.41) is 0. The molecular weight excluding hydrogens is 236 g/mol. The zero-order valence-electron chi connectivity index (χ0n) is 10.2. The molecule has 2 aromatic rings. The van der Waals surface area contributed by atoms with E-state index in [0.717, 1.165) is 36.4 Å². The molecule has 92 valence electrons. The van der Waals surface area contributed by atoms with Gasteiger partial charge in [-0.25, -0.2) is 4.98 Å². The lowest BCUT2D eigenvalue weighted by atomic mass is 10.2. The van der Waals surface area contributed by atoms with Gasteiger partial charge in [0.1, 0.15) is 5.82 Å². The number of imidazole rings is 1. The molecule has 1 heterocycles. The summed E-state index contributed by atoms with van der Waals surface area (Å²) in [5.41, 5.74) is 3.41. The lowest BCUT2D eigenvalue weighted by Crippen LogP contribution is -2.04. The molecule has 0 saturated carbocycles. The Morgan fingerprint density at radius 1 is 1.41 bits per heavy atom. The van der Waals surface area contributed by atoms with Crippen LogP contribution in [-0.4, -0.2) is 23.3 Å². The van der Waals surface area contributed by atoms with Gasteiger partial charge in [-0.2, -0.15) is 0 Å². The Bertz CT molecular complexity index is 507. The Balaban J connectivity index is 2.40. The number of halogens is 1. The molecule has 0 aliphatic rings. The van der Waals surface area contributed by atoms with E-state index < -0.39 is 0 Å². The van der Waals surface area contributed by atoms with E-state index in [4.69, 9.17) is 16.3 Å². The molecule has 0 aliphatic carbocycles. The number of benzene rings is 1. The second kappa shape index (κ2) is 5.52. The van der Waals surface area contributed by atoms with Crippen LogP contribution in [0, 0.1) is 6.92 Å². The first-order valence-electron chi connectivity index (χ1n) is 5.77. The third kappa shape index (κ3) is 2.45. The minimum atomic E-state index is 0.446. The number of para-hydroxylation sites is 1. The molecule has 1 aromatic carbocycles. The van der Waals surface area contributed by atoms with Gasteiger partial charge in [0.2, 0.25) is 0 Å². The van der Waals surface area contributed by atoms with Gasteiger partial charge in [0.15, 0.2) is 0 Å². The molecule has 0 unspecified atom stereocenters. The monoisotopic (exact) mass is 252 g/mol. The molecule has 4 heteroatoms. The van der Waals surface area contributed by atoms with Gasteiger partial charge >= 0.3 is 0 Å². The molecule has 0 amide bonds. The second-order valence-electron chi connectivity index (χ2n) is 4.10. The maximum Gasteiger partial charge on any atom is 0.124 e. The van der Waals surface area contributed by atoms with Gasteiger partial charge in [-0.05, 0) is 25.0 Å². The highest BCUT2D eigenvalue weighted by molar-refractivity contribution is 6.16. The van der Waals surface area contributed by atoms with Crippen molar-refractivity contribution < 1.29 is 4.74 Å². The number of hydrogen-bond acceptors (Lipinski definition) is 2. The third-order valence-corrected chi connectivity index (χ3v) is 3.15. The van der Waals surface area contributed by atoms with Crippen molar-refractivity contribution in [3.63, 3.8) is 0 Å². The fourth-order valence-electron chi connectivity index (χ4n) is 2.05. The summed E-state index contributed by atoms with van der Waals surface area (Å²) in [7, 11) is 1.72. The van der Waals surface area contributed by atoms with E-state index in [9.17, 15) is 0 Å². The van der Waals surface area contributed by atoms with Crippen LogP contribution in [0.25, 0.3) is 11.0 Å². The van der Waals surface area contributed by atoms with Crippen LogP contribution < -0.4 is 0 Å². The molecule has 0 aliphatic heterocycles. The zero-order valence-corrected chi connectivity index (χ0v) is 11.0. The number of ether oxygens (including phenoxy) is 1. The maximum atomic E-state index is 5.95. The number of aryl methyl sites for hydroxylation is 2. The predicted molar refractivity (Wildman–Crippen MR) is 70.5 cm³/mol. The number of aromatic nitrogens is 2. The van der Waals surface area contributed by atoms with E-state index in [1.807, 2.05) is 0 Å². The first-order chi connectivity index (χ1) is 8.27. The van der Waals surface area contributed by atoms with Crippen molar-refractivity contribution in [3.8, 4) is 0 Å². The fourth-order valence-corrected chi connectivity index (χ4v) is 2.26. The Labute approximate surface area is 106 Å². The van der Waals surface area contributed by atoms with Crippen molar-refractivity contribution in [3.05, 3.63) is 29.6 Å². The quantitative estimate of drug-likeness (QED) is 0.604. The van der Waals surface area contributed by atoms with E-state index in [0.29, 0.717) is 5.88 Å². The number of fused-ring (bicyclic) bond motifs is 1. The average molecular weight is 253 g/mol. The number of methoxy groups -OCH3 is 1. The van der Waals surface area contributed by atoms with Gasteiger partial charge in [0, 0.05) is 20.3 Å². The summed E-state index contributed by atoms with van der Waals surface area (Å²) in [6, 6.07) is 6.23. The van der Waals surface area contributed by atoms with Crippen LogP contribution in [0.3, 0.4) is 0 Å². The van der Waals surface area contributed by atoms with Crippen LogP contribution in [-0.2, 0) is 17.2 Å². The van der Waals surface area contributed by atoms with Crippen molar-refractivity contribution in [2.75, 3.05) is 13.7 Å². The van der Waals surface area contributed by atoms with Crippen molar-refractivity contribution in [2.45, 2.75) is 25.8 Å². The normalized spacial score (nSPS) is 11.2. The highest BCUT2D eigenvalue weighted by atomic mass is 35.5. The summed E-state index contributed by atoms with van der Waals surface area (Å²) in [6.07, 6.45) is 0.972. The molecule has 0 N–H and O–H groups in total. The van der Waals surface area contributed by atoms with Gasteiger partial charge in [-0.1, -0.05) is 12.1 Å². The summed E-state index contributed by atoms with van der Waals surface area (Å²) in [4.78, 5) is 4.60. The molecule has 3 nitrogen and oxygen atoms in total. The van der Waals surface area contributed by atoms with Crippen molar-refractivity contribution >= 4 is 22.6 Å². The van der Waals surface area contributed by atoms with Crippen molar-refractivity contribution in [1.29, 1.82) is 0 Å². The summed E-state index contributed by atoms with van der Waals surface area (Å²) in [6.45, 7) is 3.73. The molecule has 0 radical (unpaired) electrons. The Kier molecular flexibility index (Phi) is 4.02. The predicted octanol–water partition coefficient (Wildman–Crippen LogP) is 3.12. The van der Waals surface area contributed by atoms with E-state index >= 15 is 0 Å². The summed E-state index contributed by atoms with van der Waals surface area (Å²) >= 11 is 5.95. The van der Waals surface area contributed by atoms with Crippen LogP contribution in [0.1, 0.15) is 17.8 Å². The maximum absolute atomic E-state index is 5.95. The highest BCUT2D eigenvalue weighted by Gasteiger charge is 2.10. The molecular formula is C13H17ClN2O. The number of alkyl halides is 1. The van der Waals surface area contributed by atoms with Gasteiger partial charge in [0.05, 0.1) is 16.9 Å². The molecule has 1 aromatic heterocycles. The Morgan fingerprint density at radius 2 is 2.24 bits per heavy atom. The van der Waals surface area contributed by atoms with E-state index in [-0.39, 0.29) is 0 Å². The Morgan fingerprint density at radius 3 is 2.94 bits per heavy atom. The molecule has 0 saturated heterocycles.